The number of nitrogens with one attached hydrogen (secondary N) is 5. The van der Waals surface area contributed by atoms with Gasteiger partial charge in [-0.3, -0.25) is 28.8 Å². The molecule has 0 radical (unpaired) electrons. The molecule has 32 heteroatoms. The Labute approximate surface area is 633 Å². The number of amides is 8. The van der Waals surface area contributed by atoms with Crippen LogP contribution in [0.5, 0.6) is 0 Å². The van der Waals surface area contributed by atoms with E-state index in [4.69, 9.17) is 43.6 Å². The smallest absolute Gasteiger partial charge is 0.410 e. The van der Waals surface area contributed by atoms with Gasteiger partial charge in [-0.2, -0.15) is 0 Å². The van der Waals surface area contributed by atoms with Gasteiger partial charge in [-0.05, 0) is 99.9 Å². The zero-order valence-corrected chi connectivity index (χ0v) is 64.0. The van der Waals surface area contributed by atoms with Crippen LogP contribution >= 0.6 is 0 Å². The number of urea groups is 1. The Bertz CT molecular complexity index is 3790. The molecular weight excluding hydrogens is 1420 g/mol. The van der Waals surface area contributed by atoms with Crippen molar-refractivity contribution in [2.75, 3.05) is 65.0 Å². The Morgan fingerprint density at radius 3 is 2.04 bits per heavy atom. The fourth-order valence-corrected chi connectivity index (χ4v) is 14.4. The summed E-state index contributed by atoms with van der Waals surface area (Å²) in [7, 11) is 1.37. The number of ether oxygens (including phenoxy) is 8. The van der Waals surface area contributed by atoms with E-state index >= 15 is 14.4 Å². The molecule has 1 aliphatic heterocycles. The topological polar surface area (TPSA) is 452 Å². The summed E-state index contributed by atoms with van der Waals surface area (Å²) in [5.41, 5.74) is -3.63. The Morgan fingerprint density at radius 2 is 1.45 bits per heavy atom. The number of benzene rings is 3. The molecular formula is C77H106N8O24. The Kier molecular flexibility index (Phi) is 29.6. The third-order valence-electron chi connectivity index (χ3n) is 20.5. The highest BCUT2D eigenvalue weighted by Gasteiger charge is 2.78. The van der Waals surface area contributed by atoms with E-state index in [0.29, 0.717) is 5.56 Å². The summed E-state index contributed by atoms with van der Waals surface area (Å²) in [4.78, 5) is 168. The van der Waals surface area contributed by atoms with Gasteiger partial charge < -0.3 is 100 Å². The maximum atomic E-state index is 15.7. The van der Waals surface area contributed by atoms with Crippen molar-refractivity contribution < 1.29 is 116 Å². The van der Waals surface area contributed by atoms with E-state index in [-0.39, 0.29) is 118 Å². The molecule has 3 fully saturated rings. The molecule has 32 nitrogen and oxygen atoms in total. The molecule has 0 aromatic heterocycles. The number of carbonyl (C=O) groups excluding carboxylic acids is 12. The molecule has 598 valence electrons. The summed E-state index contributed by atoms with van der Waals surface area (Å²) in [5.74, 6) is -8.60. The molecule has 1 saturated heterocycles. The van der Waals surface area contributed by atoms with Crippen LogP contribution in [0.2, 0.25) is 0 Å². The molecule has 3 aliphatic carbocycles. The van der Waals surface area contributed by atoms with Gasteiger partial charge in [0, 0.05) is 82.9 Å². The average Bonchev–Trinajstić information content (AvgIpc) is 0.670. The van der Waals surface area contributed by atoms with Gasteiger partial charge in [0.25, 0.3) is 0 Å². The third kappa shape index (κ3) is 21.1. The molecule has 3 aromatic carbocycles. The first-order chi connectivity index (χ1) is 51.2. The van der Waals surface area contributed by atoms with E-state index in [1.807, 2.05) is 0 Å². The van der Waals surface area contributed by atoms with E-state index in [1.165, 1.54) is 71.1 Å². The van der Waals surface area contributed by atoms with Crippen LogP contribution in [-0.2, 0) is 78.1 Å². The Hall–Kier alpha value is -9.60. The van der Waals surface area contributed by atoms with Gasteiger partial charge in [0.1, 0.15) is 66.1 Å². The van der Waals surface area contributed by atoms with Crippen molar-refractivity contribution in [2.24, 2.45) is 34.3 Å². The fraction of sp³-hybridized carbons (Fsp3) is 0.584. The number of hydrogen-bond acceptors (Lipinski definition) is 24. The minimum absolute atomic E-state index is 0.00899. The molecule has 109 heavy (non-hydrogen) atoms. The Morgan fingerprint density at radius 1 is 0.798 bits per heavy atom. The van der Waals surface area contributed by atoms with Gasteiger partial charge in [-0.25, -0.2) is 28.8 Å². The maximum absolute atomic E-state index is 15.7. The fourth-order valence-electron chi connectivity index (χ4n) is 14.4. The lowest BCUT2D eigenvalue weighted by atomic mass is 9.44. The van der Waals surface area contributed by atoms with E-state index in [0.717, 1.165) is 16.7 Å². The normalized spacial score (nSPS) is 23.7. The predicted octanol–water partition coefficient (Wildman–Crippen LogP) is 5.00. The summed E-state index contributed by atoms with van der Waals surface area (Å²) in [6.07, 6.45) is -15.0. The van der Waals surface area contributed by atoms with Gasteiger partial charge in [0.2, 0.25) is 23.8 Å². The van der Waals surface area contributed by atoms with E-state index < -0.39 is 180 Å². The number of carbonyl (C=O) groups is 12. The number of esters is 3. The lowest BCUT2D eigenvalue weighted by molar-refractivity contribution is -0.346. The molecule has 0 spiro atoms. The number of hydrogen-bond donors (Lipinski definition) is 10. The van der Waals surface area contributed by atoms with Crippen LogP contribution in [0.1, 0.15) is 149 Å². The van der Waals surface area contributed by atoms with Crippen molar-refractivity contribution in [3.05, 3.63) is 113 Å². The number of Topliss-reactive ketones (excluding diaryl/α,β-unsaturated/α-hetero) is 2. The maximum Gasteiger partial charge on any atom is 0.410 e. The molecule has 11 N–H and O–H groups in total. The van der Waals surface area contributed by atoms with Gasteiger partial charge >= 0.3 is 42.2 Å². The molecule has 0 unspecified atom stereocenters. The molecule has 13 atom stereocenters. The van der Waals surface area contributed by atoms with Crippen molar-refractivity contribution in [1.29, 1.82) is 0 Å². The van der Waals surface area contributed by atoms with Crippen molar-refractivity contribution in [3.63, 3.8) is 0 Å². The van der Waals surface area contributed by atoms with Crippen molar-refractivity contribution >= 4 is 77.2 Å². The number of aliphatic hydroxyl groups is 4. The number of aliphatic hydroxyl groups excluding tert-OH is 3. The van der Waals surface area contributed by atoms with Crippen molar-refractivity contribution in [1.82, 2.24) is 31.1 Å². The van der Waals surface area contributed by atoms with E-state index in [1.54, 1.807) is 97.0 Å². The molecule has 2 saturated carbocycles. The number of alkyl carbamates (subject to hydrolysis) is 1. The standard InChI is InChI=1S/C77H106N8O24/c1-43(2)52(88)30-31-56(90)82-58(44(3)4)66(94)81-51(25-20-32-79-69(78)97)65(93)80-50-28-26-47(27-29-50)41-103-71(99)84(13)33-34-85(35-37-102-38-36-86)72(100)106-61(59(48-21-16-14-17-22-48)83-70(98)109-73(7,8)9)68(96)105-53-40-77(101)64(107-67(95)49-23-18-15-19-24-49)62-75(12,63(92)60(91)57(45(53)5)74(77,10)11)54(89)39-55-76(62,42-104-55)108-46(6)87/h14-19,21-24,26-29,43-44,51,53-55,58-62,64,86,89,91,101H,20,25,30-42H2,1-13H3,(H,80,93)(H,81,94)(H,82,90)(H,83,98)(H3,78,79,97)/t51-,53-,54-,55+,58-,59-,60+,61+,62-,64-,75+,76-,77+/m0/s1. The number of ketones is 2. The van der Waals surface area contributed by atoms with Crippen LogP contribution < -0.4 is 32.3 Å². The van der Waals surface area contributed by atoms with Gasteiger partial charge in [0.15, 0.2) is 11.4 Å². The second-order valence-electron chi connectivity index (χ2n) is 30.3. The number of anilines is 1. The van der Waals surface area contributed by atoms with Gasteiger partial charge in [-0.15, -0.1) is 0 Å². The van der Waals surface area contributed by atoms with Crippen LogP contribution in [0.3, 0.4) is 0 Å². The van der Waals surface area contributed by atoms with Gasteiger partial charge in [0.05, 0.1) is 49.4 Å². The SMILES string of the molecule is CC(=O)O[C@@]12CO[C@@H]1C[C@H](O)[C@@]1(C)C(=O)[C@H](O)C3=C(C)[C@@H](OC(=O)[C@H](OC(=O)N(CCOCCO)CCN(C)C(=O)OCc4ccc(NC(=O)[C@H](CCCNC(N)=O)NC(=O)[C@@H](NC(=O)CCC(=O)C(C)C)C(C)C)cc4)[C@@H](NC(=O)OC(C)(C)C)c4ccccc4)C[C@@](O)([C@@H](OC(=O)c4ccccc4)[C@H]21)C3(C)C. The van der Waals surface area contributed by atoms with Crippen molar-refractivity contribution in [2.45, 2.75) is 200 Å². The molecule has 8 amide bonds. The lowest BCUT2D eigenvalue weighted by Crippen LogP contribution is -2.81. The summed E-state index contributed by atoms with van der Waals surface area (Å²) < 4.78 is 48.1. The van der Waals surface area contributed by atoms with E-state index in [9.17, 15) is 63.6 Å². The monoisotopic (exact) mass is 1530 g/mol. The first-order valence-corrected chi connectivity index (χ1v) is 36.4. The first kappa shape index (κ1) is 86.6. The van der Waals surface area contributed by atoms with Crippen molar-refractivity contribution in [3.8, 4) is 0 Å². The van der Waals surface area contributed by atoms with Crippen LogP contribution in [0, 0.1) is 28.6 Å². The second kappa shape index (κ2) is 37.2. The summed E-state index contributed by atoms with van der Waals surface area (Å²) in [6.45, 7) is 16.1. The quantitative estimate of drug-likeness (QED) is 0.0166. The number of fused-ring (bicyclic) bond motifs is 5. The summed E-state index contributed by atoms with van der Waals surface area (Å²) >= 11 is 0. The molecule has 7 rings (SSSR count). The number of likely N-dealkylation sites (N-methyl/N-ethyl adjacent to an activating group) is 1. The van der Waals surface area contributed by atoms with Crippen LogP contribution in [0.15, 0.2) is 96.1 Å². The number of nitrogens with zero attached hydrogens (tertiary/aromatic N) is 2. The molecule has 1 heterocycles. The van der Waals surface area contributed by atoms with E-state index in [2.05, 4.69) is 26.6 Å². The first-order valence-electron chi connectivity index (χ1n) is 36.4. The zero-order chi connectivity index (χ0) is 80.7. The summed E-state index contributed by atoms with van der Waals surface area (Å²) in [5, 5.41) is 61.8. The second-order valence-corrected chi connectivity index (χ2v) is 30.3. The largest absolute Gasteiger partial charge is 0.455 e. The Balaban J connectivity index is 1.15. The molecule has 2 bridgehead atoms. The minimum Gasteiger partial charge on any atom is -0.455 e. The molecule has 4 aliphatic rings. The number of primary amides is 1. The third-order valence-corrected chi connectivity index (χ3v) is 20.5. The number of nitrogens with two attached hydrogens (primary N) is 1. The molecule has 3 aromatic rings. The zero-order valence-electron chi connectivity index (χ0n) is 64.0. The highest BCUT2D eigenvalue weighted by Crippen LogP contribution is 2.64. The minimum atomic E-state index is -2.57. The van der Waals surface area contributed by atoms with Gasteiger partial charge in [-0.1, -0.05) is 102 Å². The van der Waals surface area contributed by atoms with Crippen LogP contribution in [0.25, 0.3) is 0 Å². The van der Waals surface area contributed by atoms with Crippen LogP contribution in [0.4, 0.5) is 24.9 Å². The van der Waals surface area contributed by atoms with Crippen LogP contribution in [-0.4, -0.2) is 227 Å². The average molecular weight is 1530 g/mol. The highest BCUT2D eigenvalue weighted by molar-refractivity contribution is 5.99. The summed E-state index contributed by atoms with van der Waals surface area (Å²) in [6, 6.07) is 16.9. The highest BCUT2D eigenvalue weighted by atomic mass is 16.6. The predicted molar refractivity (Wildman–Crippen MR) is 390 cm³/mol. The number of rotatable bonds is 33. The lowest BCUT2D eigenvalue weighted by Gasteiger charge is -2.67.